The van der Waals surface area contributed by atoms with E-state index in [1.165, 1.54) is 49.5 Å². The van der Waals surface area contributed by atoms with Gasteiger partial charge in [0.15, 0.2) is 5.78 Å². The molecular weight excluding hydrogens is 460 g/mol. The van der Waals surface area contributed by atoms with Gasteiger partial charge in [-0.1, -0.05) is 110 Å². The molecule has 174 valence electrons. The fourth-order valence-electron chi connectivity index (χ4n) is 5.55. The molecule has 0 saturated heterocycles. The number of ketones is 1. The molecule has 5 aromatic carbocycles. The summed E-state index contributed by atoms with van der Waals surface area (Å²) in [5, 5.41) is 14.6. The molecule has 1 N–H and O–H groups in total. The number of hydrogen-bond donors (Lipinski definition) is 1. The number of rotatable bonds is 4. The van der Waals surface area contributed by atoms with Gasteiger partial charge < -0.3 is 5.11 Å². The Morgan fingerprint density at radius 1 is 0.639 bits per heavy atom. The number of carbonyl (C=O) groups excluding carboxylic acids is 1. The first-order valence-electron chi connectivity index (χ1n) is 12.0. The summed E-state index contributed by atoms with van der Waals surface area (Å²) in [4.78, 5) is 25.1. The zero-order chi connectivity index (χ0) is 25.0. The van der Waals surface area contributed by atoms with E-state index in [1.807, 2.05) is 18.2 Å². The molecule has 0 radical (unpaired) electrons. The highest BCUT2D eigenvalue weighted by atomic mass is 28.3. The number of fused-ring (bicyclic) bond motifs is 4. The third-order valence-electron chi connectivity index (χ3n) is 7.44. The van der Waals surface area contributed by atoms with Gasteiger partial charge in [-0.2, -0.15) is 0 Å². The minimum atomic E-state index is -2.10. The summed E-state index contributed by atoms with van der Waals surface area (Å²) in [6, 6.07) is 33.9. The van der Waals surface area contributed by atoms with Crippen LogP contribution in [0.5, 0.6) is 0 Å². The zero-order valence-corrected chi connectivity index (χ0v) is 21.1. The summed E-state index contributed by atoms with van der Waals surface area (Å²) in [6.45, 7) is 4.65. The number of carbonyl (C=O) groups is 2. The molecular formula is C32H24O3Si. The van der Waals surface area contributed by atoms with Crippen LogP contribution in [0.4, 0.5) is 0 Å². The number of aromatic carboxylic acids is 1. The minimum Gasteiger partial charge on any atom is -0.478 e. The second kappa shape index (κ2) is 8.14. The minimum absolute atomic E-state index is 0.0301. The van der Waals surface area contributed by atoms with Gasteiger partial charge in [-0.05, 0) is 49.5 Å². The van der Waals surface area contributed by atoms with E-state index in [0.29, 0.717) is 5.56 Å². The molecule has 0 saturated carbocycles. The molecule has 0 atom stereocenters. The average molecular weight is 485 g/mol. The van der Waals surface area contributed by atoms with Crippen LogP contribution < -0.4 is 10.4 Å². The average Bonchev–Trinajstić information content (AvgIpc) is 3.13. The first-order valence-corrected chi connectivity index (χ1v) is 15.0. The van der Waals surface area contributed by atoms with Gasteiger partial charge in [0.2, 0.25) is 0 Å². The van der Waals surface area contributed by atoms with Crippen LogP contribution in [-0.4, -0.2) is 24.9 Å². The van der Waals surface area contributed by atoms with Gasteiger partial charge in [-0.3, -0.25) is 4.79 Å². The summed E-state index contributed by atoms with van der Waals surface area (Å²) < 4.78 is 0. The first-order chi connectivity index (χ1) is 17.4. The van der Waals surface area contributed by atoms with Crippen LogP contribution in [0.15, 0.2) is 103 Å². The molecule has 36 heavy (non-hydrogen) atoms. The van der Waals surface area contributed by atoms with Crippen LogP contribution in [0, 0.1) is 0 Å². The molecule has 0 bridgehead atoms. The van der Waals surface area contributed by atoms with Gasteiger partial charge >= 0.3 is 5.97 Å². The van der Waals surface area contributed by atoms with Crippen LogP contribution in [0.2, 0.25) is 13.1 Å². The fraction of sp³-hybridized carbons (Fsp3) is 0.0625. The van der Waals surface area contributed by atoms with Crippen LogP contribution in [0.25, 0.3) is 33.0 Å². The molecule has 0 aromatic heterocycles. The van der Waals surface area contributed by atoms with E-state index in [0.717, 1.165) is 0 Å². The van der Waals surface area contributed by atoms with E-state index in [4.69, 9.17) is 0 Å². The van der Waals surface area contributed by atoms with Gasteiger partial charge in [0.05, 0.1) is 5.56 Å². The van der Waals surface area contributed by atoms with Gasteiger partial charge in [0.25, 0.3) is 0 Å². The van der Waals surface area contributed by atoms with Crippen molar-refractivity contribution in [2.75, 3.05) is 0 Å². The Labute approximate surface area is 210 Å². The molecule has 4 heteroatoms. The molecule has 1 aliphatic rings. The Bertz CT molecular complexity index is 1710. The summed E-state index contributed by atoms with van der Waals surface area (Å²) in [5.74, 6) is -1.35. The summed E-state index contributed by atoms with van der Waals surface area (Å²) >= 11 is 0. The maximum Gasteiger partial charge on any atom is 0.336 e. The molecule has 3 nitrogen and oxygen atoms in total. The van der Waals surface area contributed by atoms with Crippen molar-refractivity contribution in [2.45, 2.75) is 13.1 Å². The lowest BCUT2D eigenvalue weighted by Crippen LogP contribution is -2.49. The van der Waals surface area contributed by atoms with Crippen LogP contribution in [0.1, 0.15) is 26.3 Å². The smallest absolute Gasteiger partial charge is 0.336 e. The second-order valence-corrected chi connectivity index (χ2v) is 14.2. The summed E-state index contributed by atoms with van der Waals surface area (Å²) in [6.07, 6.45) is 0. The van der Waals surface area contributed by atoms with Gasteiger partial charge in [-0.15, -0.1) is 0 Å². The number of hydrogen-bond acceptors (Lipinski definition) is 2. The standard InChI is InChI=1S/C32H24O3Si/c1-36(2)29-18-21(24-13-7-9-20-8-3-4-10-23(20)24)14-16-25(29)26-17-15-22(19-30(26)36)31(33)27-11-5-6-12-28(27)32(34)35/h3-19H,1-2H3,(H,34,35). The molecule has 0 aliphatic carbocycles. The van der Waals surface area contributed by atoms with Gasteiger partial charge in [0.1, 0.15) is 8.07 Å². The van der Waals surface area contributed by atoms with Crippen molar-refractivity contribution in [1.29, 1.82) is 0 Å². The lowest BCUT2D eigenvalue weighted by Gasteiger charge is -2.20. The lowest BCUT2D eigenvalue weighted by atomic mass is 9.94. The maximum absolute atomic E-state index is 13.4. The van der Waals surface area contributed by atoms with Crippen LogP contribution >= 0.6 is 0 Å². The Morgan fingerprint density at radius 3 is 2.06 bits per heavy atom. The number of carboxylic acids is 1. The van der Waals surface area contributed by atoms with Crippen molar-refractivity contribution < 1.29 is 14.7 Å². The molecule has 0 fully saturated rings. The van der Waals surface area contributed by atoms with Crippen molar-refractivity contribution in [3.8, 4) is 22.3 Å². The van der Waals surface area contributed by atoms with E-state index in [2.05, 4.69) is 73.8 Å². The zero-order valence-electron chi connectivity index (χ0n) is 20.1. The summed E-state index contributed by atoms with van der Waals surface area (Å²) in [5.41, 5.74) is 5.61. The van der Waals surface area contributed by atoms with Crippen molar-refractivity contribution in [3.05, 3.63) is 120 Å². The highest BCUT2D eigenvalue weighted by molar-refractivity contribution is 7.03. The van der Waals surface area contributed by atoms with Gasteiger partial charge in [0, 0.05) is 11.1 Å². The number of benzene rings is 5. The van der Waals surface area contributed by atoms with Crippen molar-refractivity contribution in [3.63, 3.8) is 0 Å². The van der Waals surface area contributed by atoms with Crippen LogP contribution in [0.3, 0.4) is 0 Å². The highest BCUT2D eigenvalue weighted by Gasteiger charge is 2.38. The van der Waals surface area contributed by atoms with Crippen molar-refractivity contribution in [2.24, 2.45) is 0 Å². The van der Waals surface area contributed by atoms with E-state index in [9.17, 15) is 14.7 Å². The van der Waals surface area contributed by atoms with E-state index in [1.54, 1.807) is 18.2 Å². The highest BCUT2D eigenvalue weighted by Crippen LogP contribution is 2.34. The molecule has 0 spiro atoms. The largest absolute Gasteiger partial charge is 0.478 e. The monoisotopic (exact) mass is 484 g/mol. The summed E-state index contributed by atoms with van der Waals surface area (Å²) in [7, 11) is -2.10. The molecule has 0 unspecified atom stereocenters. The third-order valence-corrected chi connectivity index (χ3v) is 11.0. The molecule has 1 heterocycles. The Balaban J connectivity index is 1.45. The molecule has 1 aliphatic heterocycles. The molecule has 6 rings (SSSR count). The Morgan fingerprint density at radius 2 is 1.28 bits per heavy atom. The van der Waals surface area contributed by atoms with E-state index in [-0.39, 0.29) is 16.9 Å². The van der Waals surface area contributed by atoms with Crippen molar-refractivity contribution in [1.82, 2.24) is 0 Å². The van der Waals surface area contributed by atoms with Gasteiger partial charge in [-0.25, -0.2) is 4.79 Å². The first kappa shape index (κ1) is 22.2. The lowest BCUT2D eigenvalue weighted by molar-refractivity contribution is 0.0693. The van der Waals surface area contributed by atoms with Crippen molar-refractivity contribution >= 4 is 41.0 Å². The predicted octanol–water partition coefficient (Wildman–Crippen LogP) is 6.24. The Hall–Kier alpha value is -4.28. The Kier molecular flexibility index (Phi) is 5.02. The second-order valence-electron chi connectivity index (χ2n) is 9.85. The normalized spacial score (nSPS) is 13.3. The fourth-order valence-corrected chi connectivity index (χ4v) is 8.65. The van der Waals surface area contributed by atoms with E-state index >= 15 is 0 Å². The SMILES string of the molecule is C[Si]1(C)c2cc(C(=O)c3ccccc3C(=O)O)ccc2-c2ccc(-c3cccc4ccccc34)cc21. The predicted molar refractivity (Wildman–Crippen MR) is 148 cm³/mol. The third kappa shape index (κ3) is 3.34. The maximum atomic E-state index is 13.4. The molecule has 5 aromatic rings. The van der Waals surface area contributed by atoms with Crippen LogP contribution in [-0.2, 0) is 0 Å². The number of carboxylic acid groups (broad SMARTS) is 1. The van der Waals surface area contributed by atoms with E-state index < -0.39 is 14.0 Å². The quantitative estimate of drug-likeness (QED) is 0.243. The topological polar surface area (TPSA) is 54.4 Å². The molecule has 0 amide bonds.